The van der Waals surface area contributed by atoms with Gasteiger partial charge in [0.15, 0.2) is 0 Å². The number of nitrogens with zero attached hydrogens (tertiary/aromatic N) is 1. The number of phenolic OH excluding ortho intramolecular Hbond substituents is 1. The van der Waals surface area contributed by atoms with Gasteiger partial charge in [0.2, 0.25) is 0 Å². The third-order valence-electron chi connectivity index (χ3n) is 3.73. The first-order valence-electron chi connectivity index (χ1n) is 6.71. The van der Waals surface area contributed by atoms with Crippen LogP contribution >= 0.6 is 0 Å². The molecular formula is C15H20N2O. The van der Waals surface area contributed by atoms with Crippen molar-refractivity contribution < 1.29 is 5.11 Å². The fraction of sp³-hybridized carbons (Fsp3) is 0.533. The molecule has 0 saturated heterocycles. The molecule has 0 bridgehead atoms. The molecule has 1 aliphatic rings. The van der Waals surface area contributed by atoms with E-state index >= 15 is 0 Å². The molecule has 0 aromatic heterocycles. The minimum absolute atomic E-state index is 0.110. The van der Waals surface area contributed by atoms with E-state index < -0.39 is 0 Å². The van der Waals surface area contributed by atoms with E-state index in [1.54, 1.807) is 6.07 Å². The number of benzene rings is 1. The summed E-state index contributed by atoms with van der Waals surface area (Å²) >= 11 is 0. The fourth-order valence-corrected chi connectivity index (χ4v) is 2.61. The number of nitriles is 1. The first-order valence-corrected chi connectivity index (χ1v) is 6.71. The van der Waals surface area contributed by atoms with Gasteiger partial charge in [0, 0.05) is 18.2 Å². The second kappa shape index (κ2) is 6.42. The van der Waals surface area contributed by atoms with Gasteiger partial charge in [-0.1, -0.05) is 37.5 Å². The van der Waals surface area contributed by atoms with Gasteiger partial charge in [0.25, 0.3) is 0 Å². The molecule has 2 atom stereocenters. The predicted molar refractivity (Wildman–Crippen MR) is 70.9 cm³/mol. The SMILES string of the molecule is N#CC1CCCCCC1NCc1ccccc1O. The Hall–Kier alpha value is -1.53. The van der Waals surface area contributed by atoms with Crippen LogP contribution in [0.1, 0.15) is 37.7 Å². The summed E-state index contributed by atoms with van der Waals surface area (Å²) in [6.45, 7) is 0.634. The van der Waals surface area contributed by atoms with E-state index in [9.17, 15) is 10.4 Å². The molecule has 1 aromatic carbocycles. The maximum absolute atomic E-state index is 9.71. The smallest absolute Gasteiger partial charge is 0.120 e. The van der Waals surface area contributed by atoms with Crippen LogP contribution in [0.5, 0.6) is 5.75 Å². The molecular weight excluding hydrogens is 224 g/mol. The summed E-state index contributed by atoms with van der Waals surface area (Å²) in [4.78, 5) is 0. The zero-order chi connectivity index (χ0) is 12.8. The molecule has 2 N–H and O–H groups in total. The van der Waals surface area contributed by atoms with E-state index in [0.717, 1.165) is 24.8 Å². The lowest BCUT2D eigenvalue weighted by atomic mass is 9.96. The molecule has 1 saturated carbocycles. The summed E-state index contributed by atoms with van der Waals surface area (Å²) in [5, 5.41) is 22.3. The summed E-state index contributed by atoms with van der Waals surface area (Å²) in [6.07, 6.45) is 5.64. The van der Waals surface area contributed by atoms with Crippen LogP contribution in [-0.4, -0.2) is 11.1 Å². The average Bonchev–Trinajstić information content (AvgIpc) is 2.62. The second-order valence-electron chi connectivity index (χ2n) is 4.99. The summed E-state index contributed by atoms with van der Waals surface area (Å²) in [7, 11) is 0. The zero-order valence-corrected chi connectivity index (χ0v) is 10.6. The Balaban J connectivity index is 1.96. The number of nitrogens with one attached hydrogen (secondary N) is 1. The van der Waals surface area contributed by atoms with Crippen molar-refractivity contribution >= 4 is 0 Å². The second-order valence-corrected chi connectivity index (χ2v) is 4.99. The molecule has 2 rings (SSSR count). The van der Waals surface area contributed by atoms with Gasteiger partial charge in [-0.15, -0.1) is 0 Å². The van der Waals surface area contributed by atoms with E-state index in [1.807, 2.05) is 18.2 Å². The van der Waals surface area contributed by atoms with E-state index in [-0.39, 0.29) is 12.0 Å². The number of hydrogen-bond donors (Lipinski definition) is 2. The van der Waals surface area contributed by atoms with Gasteiger partial charge < -0.3 is 10.4 Å². The van der Waals surface area contributed by atoms with Crippen molar-refractivity contribution in [3.63, 3.8) is 0 Å². The van der Waals surface area contributed by atoms with Crippen LogP contribution in [0.15, 0.2) is 24.3 Å². The maximum Gasteiger partial charge on any atom is 0.120 e. The Bertz CT molecular complexity index is 425. The van der Waals surface area contributed by atoms with Gasteiger partial charge in [-0.3, -0.25) is 0 Å². The average molecular weight is 244 g/mol. The number of phenols is 1. The summed E-state index contributed by atoms with van der Waals surface area (Å²) < 4.78 is 0. The molecule has 0 spiro atoms. The van der Waals surface area contributed by atoms with E-state index in [0.29, 0.717) is 12.3 Å². The number of hydrogen-bond acceptors (Lipinski definition) is 3. The Morgan fingerprint density at radius 1 is 1.22 bits per heavy atom. The van der Waals surface area contributed by atoms with Crippen LogP contribution in [0.3, 0.4) is 0 Å². The summed E-state index contributed by atoms with van der Waals surface area (Å²) in [5.74, 6) is 0.436. The highest BCUT2D eigenvalue weighted by molar-refractivity contribution is 5.31. The van der Waals surface area contributed by atoms with Crippen molar-refractivity contribution in [2.24, 2.45) is 5.92 Å². The lowest BCUT2D eigenvalue weighted by molar-refractivity contribution is 0.388. The lowest BCUT2D eigenvalue weighted by Gasteiger charge is -2.21. The first-order chi connectivity index (χ1) is 8.81. The highest BCUT2D eigenvalue weighted by Gasteiger charge is 2.22. The van der Waals surface area contributed by atoms with Crippen LogP contribution in [0, 0.1) is 17.2 Å². The third kappa shape index (κ3) is 3.24. The van der Waals surface area contributed by atoms with Crippen LogP contribution < -0.4 is 5.32 Å². The summed E-state index contributed by atoms with van der Waals surface area (Å²) in [6, 6.07) is 10.0. The minimum Gasteiger partial charge on any atom is -0.508 e. The topological polar surface area (TPSA) is 56.0 Å². The van der Waals surface area contributed by atoms with Gasteiger partial charge in [-0.05, 0) is 18.9 Å². The normalized spacial score (nSPS) is 24.2. The van der Waals surface area contributed by atoms with Gasteiger partial charge in [0.05, 0.1) is 12.0 Å². The zero-order valence-electron chi connectivity index (χ0n) is 10.6. The van der Waals surface area contributed by atoms with E-state index in [1.165, 1.54) is 12.8 Å². The highest BCUT2D eigenvalue weighted by Crippen LogP contribution is 2.24. The van der Waals surface area contributed by atoms with Crippen LogP contribution in [-0.2, 0) is 6.54 Å². The molecule has 1 fully saturated rings. The summed E-state index contributed by atoms with van der Waals surface area (Å²) in [5.41, 5.74) is 0.901. The molecule has 0 radical (unpaired) electrons. The number of rotatable bonds is 3. The highest BCUT2D eigenvalue weighted by atomic mass is 16.3. The molecule has 1 aromatic rings. The minimum atomic E-state index is 0.110. The molecule has 2 unspecified atom stereocenters. The molecule has 3 nitrogen and oxygen atoms in total. The Labute approximate surface area is 108 Å². The fourth-order valence-electron chi connectivity index (χ4n) is 2.61. The first kappa shape index (κ1) is 12.9. The quantitative estimate of drug-likeness (QED) is 0.804. The number of aromatic hydroxyl groups is 1. The van der Waals surface area contributed by atoms with Gasteiger partial charge in [-0.25, -0.2) is 0 Å². The van der Waals surface area contributed by atoms with Crippen LogP contribution in [0.4, 0.5) is 0 Å². The molecule has 0 aliphatic heterocycles. The van der Waals surface area contributed by atoms with Crippen LogP contribution in [0.2, 0.25) is 0 Å². The molecule has 18 heavy (non-hydrogen) atoms. The maximum atomic E-state index is 9.71. The van der Waals surface area contributed by atoms with Gasteiger partial charge in [-0.2, -0.15) is 5.26 Å². The van der Waals surface area contributed by atoms with Gasteiger partial charge >= 0.3 is 0 Å². The van der Waals surface area contributed by atoms with Crippen molar-refractivity contribution in [2.75, 3.05) is 0 Å². The largest absolute Gasteiger partial charge is 0.508 e. The molecule has 0 amide bonds. The Morgan fingerprint density at radius 2 is 2.00 bits per heavy atom. The monoisotopic (exact) mass is 244 g/mol. The van der Waals surface area contributed by atoms with Gasteiger partial charge in [0.1, 0.15) is 5.75 Å². The van der Waals surface area contributed by atoms with Crippen molar-refractivity contribution in [1.82, 2.24) is 5.32 Å². The third-order valence-corrected chi connectivity index (χ3v) is 3.73. The molecule has 0 heterocycles. The van der Waals surface area contributed by atoms with Crippen LogP contribution in [0.25, 0.3) is 0 Å². The van der Waals surface area contributed by atoms with Crippen molar-refractivity contribution in [3.8, 4) is 11.8 Å². The standard InChI is InChI=1S/C15H20N2O/c16-10-12-6-2-1-3-8-14(12)17-11-13-7-4-5-9-15(13)18/h4-5,7,9,12,14,17-18H,1-3,6,8,11H2. The van der Waals surface area contributed by atoms with Crippen molar-refractivity contribution in [2.45, 2.75) is 44.7 Å². The van der Waals surface area contributed by atoms with E-state index in [4.69, 9.17) is 0 Å². The molecule has 96 valence electrons. The molecule has 3 heteroatoms. The van der Waals surface area contributed by atoms with Crippen molar-refractivity contribution in [1.29, 1.82) is 5.26 Å². The van der Waals surface area contributed by atoms with Crippen molar-refractivity contribution in [3.05, 3.63) is 29.8 Å². The molecule has 1 aliphatic carbocycles. The lowest BCUT2D eigenvalue weighted by Crippen LogP contribution is -2.34. The Morgan fingerprint density at radius 3 is 2.78 bits per heavy atom. The van der Waals surface area contributed by atoms with E-state index in [2.05, 4.69) is 11.4 Å². The number of para-hydroxylation sites is 1. The predicted octanol–water partition coefficient (Wildman–Crippen LogP) is 2.95. The Kier molecular flexibility index (Phi) is 4.60.